The Balaban J connectivity index is 1.31. The van der Waals surface area contributed by atoms with Crippen molar-refractivity contribution in [3.05, 3.63) is 78.8 Å². The molecule has 2 aromatic carbocycles. The molecule has 0 spiro atoms. The molecule has 166 valence electrons. The van der Waals surface area contributed by atoms with Crippen LogP contribution in [0.1, 0.15) is 5.69 Å². The van der Waals surface area contributed by atoms with Crippen LogP contribution in [0.25, 0.3) is 33.5 Å². The molecule has 0 unspecified atom stereocenters. The number of nitrogens with one attached hydrogen (secondary N) is 2. The van der Waals surface area contributed by atoms with Gasteiger partial charge in [-0.2, -0.15) is 0 Å². The lowest BCUT2D eigenvalue weighted by Crippen LogP contribution is -2.13. The quantitative estimate of drug-likeness (QED) is 0.368. The minimum Gasteiger partial charge on any atom is -0.496 e. The van der Waals surface area contributed by atoms with Crippen molar-refractivity contribution in [3.63, 3.8) is 0 Å². The molecule has 3 aromatic heterocycles. The summed E-state index contributed by atoms with van der Waals surface area (Å²) in [6.45, 7) is 3.12. The number of imidazole rings is 1. The van der Waals surface area contributed by atoms with Gasteiger partial charge in [-0.15, -0.1) is 0 Å². The van der Waals surface area contributed by atoms with Crippen molar-refractivity contribution in [2.75, 3.05) is 19.0 Å². The van der Waals surface area contributed by atoms with Crippen molar-refractivity contribution in [1.82, 2.24) is 24.5 Å². The van der Waals surface area contributed by atoms with Gasteiger partial charge in [0, 0.05) is 53.8 Å². The number of aromatic amines is 1. The van der Waals surface area contributed by atoms with E-state index in [1.165, 1.54) is 6.07 Å². The topological polar surface area (TPSA) is 80.6 Å². The van der Waals surface area contributed by atoms with E-state index < -0.39 is 0 Å². The highest BCUT2D eigenvalue weighted by atomic mass is 19.1. The third kappa shape index (κ3) is 4.03. The van der Waals surface area contributed by atoms with Crippen LogP contribution in [0, 0.1) is 12.7 Å². The number of hydrogen-bond donors (Lipinski definition) is 2. The summed E-state index contributed by atoms with van der Waals surface area (Å²) in [5, 5.41) is 4.10. The summed E-state index contributed by atoms with van der Waals surface area (Å²) >= 11 is 0. The molecule has 8 heteroatoms. The molecule has 0 aliphatic carbocycles. The van der Waals surface area contributed by atoms with Crippen molar-refractivity contribution >= 4 is 16.7 Å². The second-order valence-electron chi connectivity index (χ2n) is 7.68. The molecule has 5 rings (SSSR count). The van der Waals surface area contributed by atoms with E-state index in [9.17, 15) is 4.39 Å². The second-order valence-corrected chi connectivity index (χ2v) is 7.68. The Labute approximate surface area is 190 Å². The van der Waals surface area contributed by atoms with Crippen molar-refractivity contribution < 1.29 is 9.13 Å². The predicted octanol–water partition coefficient (Wildman–Crippen LogP) is 5.06. The molecule has 0 saturated carbocycles. The summed E-state index contributed by atoms with van der Waals surface area (Å²) < 4.78 is 21.9. The minimum absolute atomic E-state index is 0.263. The fourth-order valence-corrected chi connectivity index (χ4v) is 4.04. The van der Waals surface area contributed by atoms with Gasteiger partial charge in [0.05, 0.1) is 18.3 Å². The Morgan fingerprint density at radius 2 is 1.85 bits per heavy atom. The number of benzene rings is 2. The lowest BCUT2D eigenvalue weighted by Gasteiger charge is -2.12. The zero-order chi connectivity index (χ0) is 22.8. The molecule has 2 N–H and O–H groups in total. The Morgan fingerprint density at radius 3 is 2.61 bits per heavy atom. The van der Waals surface area contributed by atoms with Gasteiger partial charge in [-0.05, 0) is 25.1 Å². The van der Waals surface area contributed by atoms with Crippen molar-refractivity contribution in [3.8, 4) is 28.4 Å². The van der Waals surface area contributed by atoms with Gasteiger partial charge in [0.15, 0.2) is 0 Å². The standard InChI is InChI=1S/C25H23FN6O/c1-16-13-19-22(33-2)8-7-20(26)24(19)32(16)12-11-27-23-14-21(30-15-31-23)17-3-5-18(6-4-17)25-28-9-10-29-25/h3-10,13-15H,11-12H2,1-2H3,(H,28,29)(H,27,30,31). The smallest absolute Gasteiger partial charge is 0.147 e. The lowest BCUT2D eigenvalue weighted by molar-refractivity contribution is 0.419. The number of nitrogens with zero attached hydrogens (tertiary/aromatic N) is 4. The molecule has 0 bridgehead atoms. The van der Waals surface area contributed by atoms with Crippen LogP contribution in [0.2, 0.25) is 0 Å². The summed E-state index contributed by atoms with van der Waals surface area (Å²) in [6.07, 6.45) is 5.07. The first-order chi connectivity index (χ1) is 16.1. The molecule has 7 nitrogen and oxygen atoms in total. The van der Waals surface area contributed by atoms with Crippen molar-refractivity contribution in [2.24, 2.45) is 0 Å². The molecule has 0 fully saturated rings. The van der Waals surface area contributed by atoms with Gasteiger partial charge in [-0.25, -0.2) is 19.3 Å². The Kier molecular flexibility index (Phi) is 5.48. The SMILES string of the molecule is COc1ccc(F)c2c1cc(C)n2CCNc1cc(-c2ccc(-c3ncc[nH]3)cc2)ncn1. The molecule has 0 saturated heterocycles. The van der Waals surface area contributed by atoms with Crippen LogP contribution >= 0.6 is 0 Å². The summed E-state index contributed by atoms with van der Waals surface area (Å²) in [5.41, 5.74) is 4.33. The van der Waals surface area contributed by atoms with E-state index in [4.69, 9.17) is 4.74 Å². The van der Waals surface area contributed by atoms with Crippen molar-refractivity contribution in [1.29, 1.82) is 0 Å². The number of aryl methyl sites for hydroxylation is 1. The molecule has 5 aromatic rings. The van der Waals surface area contributed by atoms with Crippen LogP contribution in [0.3, 0.4) is 0 Å². The summed E-state index contributed by atoms with van der Waals surface area (Å²) in [5.74, 6) is 1.94. The van der Waals surface area contributed by atoms with Gasteiger partial charge in [-0.3, -0.25) is 0 Å². The first-order valence-corrected chi connectivity index (χ1v) is 10.6. The fourth-order valence-electron chi connectivity index (χ4n) is 4.04. The largest absolute Gasteiger partial charge is 0.496 e. The van der Waals surface area contributed by atoms with E-state index in [1.54, 1.807) is 31.9 Å². The number of halogens is 1. The van der Waals surface area contributed by atoms with E-state index in [-0.39, 0.29) is 5.82 Å². The summed E-state index contributed by atoms with van der Waals surface area (Å²) in [4.78, 5) is 16.1. The predicted molar refractivity (Wildman–Crippen MR) is 127 cm³/mol. The molecular weight excluding hydrogens is 419 g/mol. The zero-order valence-electron chi connectivity index (χ0n) is 18.3. The summed E-state index contributed by atoms with van der Waals surface area (Å²) in [7, 11) is 1.60. The fraction of sp³-hybridized carbons (Fsp3) is 0.160. The highest BCUT2D eigenvalue weighted by molar-refractivity contribution is 5.88. The highest BCUT2D eigenvalue weighted by Gasteiger charge is 2.14. The van der Waals surface area contributed by atoms with Crippen LogP contribution in [0.5, 0.6) is 5.75 Å². The average Bonchev–Trinajstić information content (AvgIpc) is 3.49. The van der Waals surface area contributed by atoms with E-state index in [2.05, 4.69) is 25.3 Å². The second kappa shape index (κ2) is 8.74. The van der Waals surface area contributed by atoms with Crippen LogP contribution in [0.15, 0.2) is 67.3 Å². The number of anilines is 1. The van der Waals surface area contributed by atoms with Gasteiger partial charge in [-0.1, -0.05) is 24.3 Å². The van der Waals surface area contributed by atoms with Gasteiger partial charge >= 0.3 is 0 Å². The molecule has 3 heterocycles. The average molecular weight is 442 g/mol. The third-order valence-electron chi connectivity index (χ3n) is 5.66. The molecule has 33 heavy (non-hydrogen) atoms. The number of rotatable bonds is 7. The zero-order valence-corrected chi connectivity index (χ0v) is 18.3. The first-order valence-electron chi connectivity index (χ1n) is 10.6. The van der Waals surface area contributed by atoms with E-state index in [0.717, 1.165) is 33.7 Å². The number of fused-ring (bicyclic) bond motifs is 1. The van der Waals surface area contributed by atoms with E-state index >= 15 is 0 Å². The van der Waals surface area contributed by atoms with Crippen LogP contribution in [0.4, 0.5) is 10.2 Å². The number of aromatic nitrogens is 5. The molecule has 0 radical (unpaired) electrons. The number of ether oxygens (including phenoxy) is 1. The first kappa shape index (κ1) is 20.7. The maximum atomic E-state index is 14.6. The van der Waals surface area contributed by atoms with Gasteiger partial charge in [0.1, 0.15) is 29.5 Å². The molecule has 0 aliphatic heterocycles. The Hall–Kier alpha value is -4.20. The number of H-pyrrole nitrogens is 1. The minimum atomic E-state index is -0.263. The summed E-state index contributed by atoms with van der Waals surface area (Å²) in [6, 6.07) is 15.0. The number of hydrogen-bond acceptors (Lipinski definition) is 5. The Bertz CT molecular complexity index is 1390. The number of methoxy groups -OCH3 is 1. The van der Waals surface area contributed by atoms with E-state index in [0.29, 0.717) is 30.2 Å². The van der Waals surface area contributed by atoms with Crippen LogP contribution < -0.4 is 10.1 Å². The monoisotopic (exact) mass is 442 g/mol. The van der Waals surface area contributed by atoms with Gasteiger partial charge in [0.25, 0.3) is 0 Å². The third-order valence-corrected chi connectivity index (χ3v) is 5.66. The van der Waals surface area contributed by atoms with E-state index in [1.807, 2.05) is 47.9 Å². The maximum Gasteiger partial charge on any atom is 0.147 e. The normalized spacial score (nSPS) is 11.1. The molecule has 0 atom stereocenters. The Morgan fingerprint density at radius 1 is 1.03 bits per heavy atom. The van der Waals surface area contributed by atoms with Crippen LogP contribution in [-0.4, -0.2) is 38.2 Å². The molecular formula is C25H23FN6O. The van der Waals surface area contributed by atoms with Crippen molar-refractivity contribution in [2.45, 2.75) is 13.5 Å². The molecule has 0 aliphatic rings. The lowest BCUT2D eigenvalue weighted by atomic mass is 10.1. The van der Waals surface area contributed by atoms with Crippen LogP contribution in [-0.2, 0) is 6.54 Å². The van der Waals surface area contributed by atoms with Gasteiger partial charge < -0.3 is 19.6 Å². The highest BCUT2D eigenvalue weighted by Crippen LogP contribution is 2.31. The van der Waals surface area contributed by atoms with Gasteiger partial charge in [0.2, 0.25) is 0 Å². The molecule has 0 amide bonds. The maximum absolute atomic E-state index is 14.6.